The zero-order valence-corrected chi connectivity index (χ0v) is 7.83. The summed E-state index contributed by atoms with van der Waals surface area (Å²) in [4.78, 5) is 10.6. The van der Waals surface area contributed by atoms with Gasteiger partial charge in [-0.3, -0.25) is 0 Å². The highest BCUT2D eigenvalue weighted by molar-refractivity contribution is 5.78. The molecule has 0 spiro atoms. The maximum atomic E-state index is 13.6. The molecule has 0 aliphatic carbocycles. The first kappa shape index (κ1) is 10.7. The van der Waals surface area contributed by atoms with Crippen LogP contribution < -0.4 is 5.73 Å². The third-order valence-corrected chi connectivity index (χ3v) is 2.13. The van der Waals surface area contributed by atoms with Crippen molar-refractivity contribution < 1.29 is 14.3 Å². The first-order valence-corrected chi connectivity index (χ1v) is 4.20. The summed E-state index contributed by atoms with van der Waals surface area (Å²) < 4.78 is 13.6. The van der Waals surface area contributed by atoms with Crippen molar-refractivity contribution in [2.75, 3.05) is 0 Å². The highest BCUT2D eigenvalue weighted by atomic mass is 19.1. The highest BCUT2D eigenvalue weighted by Gasteiger charge is 2.34. The van der Waals surface area contributed by atoms with E-state index in [9.17, 15) is 9.18 Å². The van der Waals surface area contributed by atoms with Gasteiger partial charge in [-0.1, -0.05) is 24.3 Å². The molecule has 4 heteroatoms. The van der Waals surface area contributed by atoms with Crippen LogP contribution in [0.1, 0.15) is 18.1 Å². The van der Waals surface area contributed by atoms with Crippen molar-refractivity contribution in [1.29, 1.82) is 0 Å². The number of hydrogen-bond acceptors (Lipinski definition) is 2. The summed E-state index contributed by atoms with van der Waals surface area (Å²) in [6.45, 7) is 1.38. The second kappa shape index (κ2) is 3.75. The summed E-state index contributed by atoms with van der Waals surface area (Å²) >= 11 is 0. The molecule has 0 saturated heterocycles. The quantitative estimate of drug-likeness (QED) is 0.770. The second-order valence-corrected chi connectivity index (χ2v) is 3.21. The first-order valence-electron chi connectivity index (χ1n) is 4.20. The van der Waals surface area contributed by atoms with Crippen LogP contribution in [0.3, 0.4) is 0 Å². The van der Waals surface area contributed by atoms with E-state index in [0.717, 1.165) is 12.5 Å². The van der Waals surface area contributed by atoms with Gasteiger partial charge in [0.1, 0.15) is 0 Å². The Hall–Kier alpha value is -1.42. The molecule has 0 aromatic heterocycles. The van der Waals surface area contributed by atoms with Crippen molar-refractivity contribution in [2.24, 2.45) is 5.73 Å². The molecule has 1 rings (SSSR count). The minimum Gasteiger partial charge on any atom is -0.479 e. The number of nitrogens with two attached hydrogens (primary N) is 1. The van der Waals surface area contributed by atoms with Gasteiger partial charge in [0.15, 0.2) is 0 Å². The van der Waals surface area contributed by atoms with Crippen LogP contribution in [0.2, 0.25) is 0 Å². The van der Waals surface area contributed by atoms with E-state index >= 15 is 0 Å². The third-order valence-electron chi connectivity index (χ3n) is 2.13. The lowest BCUT2D eigenvalue weighted by atomic mass is 9.97. The van der Waals surface area contributed by atoms with Gasteiger partial charge in [0.25, 0.3) is 0 Å². The monoisotopic (exact) mass is 197 g/mol. The average molecular weight is 197 g/mol. The van der Waals surface area contributed by atoms with Gasteiger partial charge in [-0.2, -0.15) is 0 Å². The van der Waals surface area contributed by atoms with E-state index in [0.29, 0.717) is 6.54 Å². The topological polar surface area (TPSA) is 63.3 Å². The molecule has 0 saturated carbocycles. The molecule has 3 nitrogen and oxygen atoms in total. The van der Waals surface area contributed by atoms with Crippen LogP contribution in [-0.4, -0.2) is 11.1 Å². The number of benzene rings is 1. The van der Waals surface area contributed by atoms with Crippen molar-refractivity contribution in [3.8, 4) is 0 Å². The lowest BCUT2D eigenvalue weighted by molar-refractivity contribution is -0.150. The predicted molar refractivity (Wildman–Crippen MR) is 50.4 cm³/mol. The summed E-state index contributed by atoms with van der Waals surface area (Å²) in [7, 11) is 0. The fourth-order valence-electron chi connectivity index (χ4n) is 1.08. The summed E-state index contributed by atoms with van der Waals surface area (Å²) in [5.41, 5.74) is 3.99. The molecular formula is C10H12FNO2. The molecule has 1 aromatic rings. The van der Waals surface area contributed by atoms with Crippen LogP contribution in [0.5, 0.6) is 0 Å². The SMILES string of the molecule is CC(F)(C(=O)O)c1ccc(CN)cc1. The molecule has 0 fully saturated rings. The average Bonchev–Trinajstić information content (AvgIpc) is 2.17. The Morgan fingerprint density at radius 2 is 2.00 bits per heavy atom. The summed E-state index contributed by atoms with van der Waals surface area (Å²) in [6, 6.07) is 6.12. The predicted octanol–water partition coefficient (Wildman–Crippen LogP) is 1.41. The van der Waals surface area contributed by atoms with Crippen molar-refractivity contribution in [2.45, 2.75) is 19.1 Å². The number of hydrogen-bond donors (Lipinski definition) is 2. The molecule has 0 bridgehead atoms. The van der Waals surface area contributed by atoms with E-state index in [2.05, 4.69) is 0 Å². The van der Waals surface area contributed by atoms with Gasteiger partial charge in [0.05, 0.1) is 0 Å². The van der Waals surface area contributed by atoms with Crippen LogP contribution >= 0.6 is 0 Å². The van der Waals surface area contributed by atoms with Crippen LogP contribution in [0.25, 0.3) is 0 Å². The molecule has 0 heterocycles. The van der Waals surface area contributed by atoms with Crippen molar-refractivity contribution in [1.82, 2.24) is 0 Å². The van der Waals surface area contributed by atoms with E-state index in [4.69, 9.17) is 10.8 Å². The van der Waals surface area contributed by atoms with Crippen molar-refractivity contribution >= 4 is 5.97 Å². The lowest BCUT2D eigenvalue weighted by Crippen LogP contribution is -2.26. The largest absolute Gasteiger partial charge is 0.479 e. The molecule has 1 aromatic carbocycles. The Kier molecular flexibility index (Phi) is 2.86. The molecule has 76 valence electrons. The van der Waals surface area contributed by atoms with Crippen LogP contribution in [-0.2, 0) is 17.0 Å². The van der Waals surface area contributed by atoms with Crippen molar-refractivity contribution in [3.05, 3.63) is 35.4 Å². The molecule has 0 aliphatic heterocycles. The van der Waals surface area contributed by atoms with Gasteiger partial charge >= 0.3 is 5.97 Å². The molecule has 1 unspecified atom stereocenters. The summed E-state index contributed by atoms with van der Waals surface area (Å²) in [5.74, 6) is -1.49. The Balaban J connectivity index is 3.02. The van der Waals surface area contributed by atoms with Gasteiger partial charge in [-0.25, -0.2) is 9.18 Å². The molecule has 14 heavy (non-hydrogen) atoms. The number of aliphatic carboxylic acids is 1. The second-order valence-electron chi connectivity index (χ2n) is 3.21. The number of alkyl halides is 1. The van der Waals surface area contributed by atoms with Gasteiger partial charge in [0, 0.05) is 12.1 Å². The first-order chi connectivity index (χ1) is 6.48. The molecule has 0 radical (unpaired) electrons. The molecule has 3 N–H and O–H groups in total. The zero-order valence-electron chi connectivity index (χ0n) is 7.83. The molecular weight excluding hydrogens is 185 g/mol. The van der Waals surface area contributed by atoms with E-state index in [1.54, 1.807) is 12.1 Å². The van der Waals surface area contributed by atoms with Crippen LogP contribution in [0.4, 0.5) is 4.39 Å². The normalized spacial score (nSPS) is 14.8. The number of halogens is 1. The van der Waals surface area contributed by atoms with Gasteiger partial charge in [-0.15, -0.1) is 0 Å². The number of carboxylic acid groups (broad SMARTS) is 1. The fourth-order valence-corrected chi connectivity index (χ4v) is 1.08. The van der Waals surface area contributed by atoms with E-state index in [-0.39, 0.29) is 5.56 Å². The van der Waals surface area contributed by atoms with Gasteiger partial charge in [0.2, 0.25) is 5.67 Å². The van der Waals surface area contributed by atoms with E-state index in [1.807, 2.05) is 0 Å². The number of rotatable bonds is 3. The smallest absolute Gasteiger partial charge is 0.345 e. The van der Waals surface area contributed by atoms with E-state index in [1.165, 1.54) is 12.1 Å². The Bertz CT molecular complexity index is 332. The van der Waals surface area contributed by atoms with Crippen LogP contribution in [0, 0.1) is 0 Å². The Morgan fingerprint density at radius 3 is 2.36 bits per heavy atom. The summed E-state index contributed by atoms with van der Waals surface area (Å²) in [6.07, 6.45) is 0. The fraction of sp³-hybridized carbons (Fsp3) is 0.300. The number of carboxylic acids is 1. The maximum Gasteiger partial charge on any atom is 0.345 e. The maximum absolute atomic E-state index is 13.6. The minimum atomic E-state index is -2.34. The van der Waals surface area contributed by atoms with Gasteiger partial charge < -0.3 is 10.8 Å². The molecule has 1 atom stereocenters. The third kappa shape index (κ3) is 1.90. The lowest BCUT2D eigenvalue weighted by Gasteiger charge is -2.15. The van der Waals surface area contributed by atoms with Crippen LogP contribution in [0.15, 0.2) is 24.3 Å². The van der Waals surface area contributed by atoms with Crippen molar-refractivity contribution in [3.63, 3.8) is 0 Å². The minimum absolute atomic E-state index is 0.127. The van der Waals surface area contributed by atoms with Gasteiger partial charge in [-0.05, 0) is 12.5 Å². The Morgan fingerprint density at radius 1 is 1.50 bits per heavy atom. The standard InChI is InChI=1S/C10H12FNO2/c1-10(11,9(13)14)8-4-2-7(6-12)3-5-8/h2-5H,6,12H2,1H3,(H,13,14). The Labute approximate surface area is 81.4 Å². The molecule has 0 aliphatic rings. The summed E-state index contributed by atoms with van der Waals surface area (Å²) in [5, 5.41) is 8.62. The zero-order chi connectivity index (χ0) is 10.8. The highest BCUT2D eigenvalue weighted by Crippen LogP contribution is 2.25. The number of carbonyl (C=O) groups is 1. The van der Waals surface area contributed by atoms with E-state index < -0.39 is 11.6 Å². The molecule has 0 amide bonds.